The molecule has 0 aliphatic rings. The number of hydrogen-bond donors (Lipinski definition) is 1. The van der Waals surface area contributed by atoms with Crippen LogP contribution in [0, 0.1) is 13.8 Å². The Morgan fingerprint density at radius 3 is 2.34 bits per heavy atom. The van der Waals surface area contributed by atoms with Gasteiger partial charge in [-0.3, -0.25) is 4.79 Å². The Bertz CT molecular complexity index is 1180. The topological polar surface area (TPSA) is 69.0 Å². The first-order valence-corrected chi connectivity index (χ1v) is 9.53. The molecule has 0 aliphatic carbocycles. The zero-order valence-corrected chi connectivity index (χ0v) is 16.6. The first kappa shape index (κ1) is 18.7. The molecular formula is C23H22N4O2. The van der Waals surface area contributed by atoms with Crippen LogP contribution in [0.2, 0.25) is 0 Å². The standard InChI is InChI=1S/C23H22N4O2/c1-4-29-18-11-9-17(10-12-18)27-25-21-13-16(3)20(14-22(21)26-27)24-23(28)19-8-6-5-7-15(19)2/h5-14H,4H2,1-3H3,(H,24,28). The Morgan fingerprint density at radius 2 is 1.66 bits per heavy atom. The van der Waals surface area contributed by atoms with Crippen LogP contribution >= 0.6 is 0 Å². The molecule has 6 heteroatoms. The molecule has 1 aromatic heterocycles. The predicted octanol–water partition coefficient (Wildman–Crippen LogP) is 4.69. The van der Waals surface area contributed by atoms with Gasteiger partial charge >= 0.3 is 0 Å². The SMILES string of the molecule is CCOc1ccc(-n2nc3cc(C)c(NC(=O)c4ccccc4C)cc3n2)cc1. The number of ether oxygens (including phenoxy) is 1. The summed E-state index contributed by atoms with van der Waals surface area (Å²) in [5.74, 6) is 0.675. The highest BCUT2D eigenvalue weighted by Gasteiger charge is 2.13. The molecule has 0 atom stereocenters. The number of carbonyl (C=O) groups excluding carboxylic acids is 1. The minimum absolute atomic E-state index is 0.135. The maximum Gasteiger partial charge on any atom is 0.255 e. The molecule has 0 bridgehead atoms. The highest BCUT2D eigenvalue weighted by molar-refractivity contribution is 6.06. The number of aryl methyl sites for hydroxylation is 2. The molecular weight excluding hydrogens is 364 g/mol. The lowest BCUT2D eigenvalue weighted by atomic mass is 10.1. The minimum atomic E-state index is -0.135. The normalized spacial score (nSPS) is 10.9. The fourth-order valence-corrected chi connectivity index (χ4v) is 3.18. The summed E-state index contributed by atoms with van der Waals surface area (Å²) in [6, 6.07) is 18.9. The van der Waals surface area contributed by atoms with E-state index < -0.39 is 0 Å². The Balaban J connectivity index is 1.63. The van der Waals surface area contributed by atoms with Crippen LogP contribution in [0.15, 0.2) is 60.7 Å². The van der Waals surface area contributed by atoms with Crippen molar-refractivity contribution < 1.29 is 9.53 Å². The predicted molar refractivity (Wildman–Crippen MR) is 114 cm³/mol. The lowest BCUT2D eigenvalue weighted by Gasteiger charge is -2.09. The highest BCUT2D eigenvalue weighted by atomic mass is 16.5. The smallest absolute Gasteiger partial charge is 0.255 e. The van der Waals surface area contributed by atoms with Gasteiger partial charge in [-0.15, -0.1) is 10.2 Å². The minimum Gasteiger partial charge on any atom is -0.494 e. The van der Waals surface area contributed by atoms with Crippen LogP contribution in [0.3, 0.4) is 0 Å². The third-order valence-corrected chi connectivity index (χ3v) is 4.74. The molecule has 0 radical (unpaired) electrons. The summed E-state index contributed by atoms with van der Waals surface area (Å²) < 4.78 is 5.48. The molecule has 1 N–H and O–H groups in total. The van der Waals surface area contributed by atoms with Crippen molar-refractivity contribution in [2.24, 2.45) is 0 Å². The van der Waals surface area contributed by atoms with Gasteiger partial charge in [-0.2, -0.15) is 4.80 Å². The summed E-state index contributed by atoms with van der Waals surface area (Å²) in [4.78, 5) is 14.3. The van der Waals surface area contributed by atoms with E-state index in [-0.39, 0.29) is 5.91 Å². The zero-order valence-electron chi connectivity index (χ0n) is 16.6. The van der Waals surface area contributed by atoms with E-state index in [0.717, 1.165) is 33.8 Å². The Kier molecular flexibility index (Phi) is 4.99. The Labute approximate surface area is 169 Å². The third kappa shape index (κ3) is 3.82. The summed E-state index contributed by atoms with van der Waals surface area (Å²) in [5.41, 5.74) is 5.57. The van der Waals surface area contributed by atoms with Gasteiger partial charge in [0.2, 0.25) is 0 Å². The number of anilines is 1. The maximum absolute atomic E-state index is 12.7. The Morgan fingerprint density at radius 1 is 0.966 bits per heavy atom. The maximum atomic E-state index is 12.7. The number of rotatable bonds is 5. The number of amides is 1. The van der Waals surface area contributed by atoms with Crippen molar-refractivity contribution in [3.63, 3.8) is 0 Å². The molecule has 1 heterocycles. The fraction of sp³-hybridized carbons (Fsp3) is 0.174. The van der Waals surface area contributed by atoms with Crippen molar-refractivity contribution in [3.05, 3.63) is 77.4 Å². The molecule has 29 heavy (non-hydrogen) atoms. The van der Waals surface area contributed by atoms with Crippen molar-refractivity contribution in [1.29, 1.82) is 0 Å². The molecule has 146 valence electrons. The molecule has 0 saturated carbocycles. The van der Waals surface area contributed by atoms with Gasteiger partial charge < -0.3 is 10.1 Å². The highest BCUT2D eigenvalue weighted by Crippen LogP contribution is 2.23. The van der Waals surface area contributed by atoms with Gasteiger partial charge in [0.05, 0.1) is 12.3 Å². The first-order chi connectivity index (χ1) is 14.0. The number of nitrogens with zero attached hydrogens (tertiary/aromatic N) is 3. The van der Waals surface area contributed by atoms with Crippen LogP contribution < -0.4 is 10.1 Å². The molecule has 6 nitrogen and oxygen atoms in total. The second-order valence-electron chi connectivity index (χ2n) is 6.84. The van der Waals surface area contributed by atoms with E-state index in [9.17, 15) is 4.79 Å². The van der Waals surface area contributed by atoms with Crippen LogP contribution in [0.25, 0.3) is 16.7 Å². The molecule has 4 rings (SSSR count). The summed E-state index contributed by atoms with van der Waals surface area (Å²) in [5, 5.41) is 12.1. The molecule has 1 amide bonds. The number of carbonyl (C=O) groups is 1. The molecule has 0 fully saturated rings. The Hall–Kier alpha value is -3.67. The van der Waals surface area contributed by atoms with Gasteiger partial charge in [0.25, 0.3) is 5.91 Å². The fourth-order valence-electron chi connectivity index (χ4n) is 3.18. The molecule has 4 aromatic rings. The molecule has 0 spiro atoms. The van der Waals surface area contributed by atoms with Gasteiger partial charge in [-0.25, -0.2) is 0 Å². The van der Waals surface area contributed by atoms with Crippen molar-refractivity contribution in [2.45, 2.75) is 20.8 Å². The van der Waals surface area contributed by atoms with E-state index in [2.05, 4.69) is 15.5 Å². The number of hydrogen-bond acceptors (Lipinski definition) is 4. The van der Waals surface area contributed by atoms with Gasteiger partial charge in [-0.1, -0.05) is 18.2 Å². The number of nitrogens with one attached hydrogen (secondary N) is 1. The molecule has 0 saturated heterocycles. The second-order valence-corrected chi connectivity index (χ2v) is 6.84. The molecule has 0 aliphatic heterocycles. The van der Waals surface area contributed by atoms with Crippen LogP contribution in [0.4, 0.5) is 5.69 Å². The quantitative estimate of drug-likeness (QED) is 0.540. The van der Waals surface area contributed by atoms with Crippen LogP contribution in [-0.4, -0.2) is 27.5 Å². The monoisotopic (exact) mass is 386 g/mol. The summed E-state index contributed by atoms with van der Waals surface area (Å²) in [6.07, 6.45) is 0. The average molecular weight is 386 g/mol. The van der Waals surface area contributed by atoms with Gasteiger partial charge in [0, 0.05) is 11.3 Å². The van der Waals surface area contributed by atoms with Gasteiger partial charge in [-0.05, 0) is 74.4 Å². The van der Waals surface area contributed by atoms with Crippen molar-refractivity contribution in [2.75, 3.05) is 11.9 Å². The van der Waals surface area contributed by atoms with Crippen LogP contribution in [0.1, 0.15) is 28.4 Å². The molecule has 0 unspecified atom stereocenters. The third-order valence-electron chi connectivity index (χ3n) is 4.74. The number of aromatic nitrogens is 3. The van der Waals surface area contributed by atoms with E-state index in [1.165, 1.54) is 0 Å². The summed E-state index contributed by atoms with van der Waals surface area (Å²) in [6.45, 7) is 6.45. The van der Waals surface area contributed by atoms with Gasteiger partial charge in [0.15, 0.2) is 0 Å². The van der Waals surface area contributed by atoms with Gasteiger partial charge in [0.1, 0.15) is 16.8 Å². The first-order valence-electron chi connectivity index (χ1n) is 9.53. The zero-order chi connectivity index (χ0) is 20.4. The van der Waals surface area contributed by atoms with Crippen molar-refractivity contribution >= 4 is 22.6 Å². The average Bonchev–Trinajstić information content (AvgIpc) is 3.12. The van der Waals surface area contributed by atoms with Crippen molar-refractivity contribution in [3.8, 4) is 11.4 Å². The van der Waals surface area contributed by atoms with Crippen LogP contribution in [0.5, 0.6) is 5.75 Å². The van der Waals surface area contributed by atoms with E-state index in [1.54, 1.807) is 4.80 Å². The van der Waals surface area contributed by atoms with E-state index in [4.69, 9.17) is 4.74 Å². The molecule has 3 aromatic carbocycles. The summed E-state index contributed by atoms with van der Waals surface area (Å²) in [7, 11) is 0. The van der Waals surface area contributed by atoms with E-state index >= 15 is 0 Å². The van der Waals surface area contributed by atoms with E-state index in [1.807, 2.05) is 81.4 Å². The number of fused-ring (bicyclic) bond motifs is 1. The largest absolute Gasteiger partial charge is 0.494 e. The lowest BCUT2D eigenvalue weighted by molar-refractivity contribution is 0.102. The second kappa shape index (κ2) is 7.75. The van der Waals surface area contributed by atoms with Crippen LogP contribution in [-0.2, 0) is 0 Å². The summed E-state index contributed by atoms with van der Waals surface area (Å²) >= 11 is 0. The van der Waals surface area contributed by atoms with Crippen molar-refractivity contribution in [1.82, 2.24) is 15.0 Å². The lowest BCUT2D eigenvalue weighted by Crippen LogP contribution is -2.14. The van der Waals surface area contributed by atoms with E-state index in [0.29, 0.717) is 17.7 Å². The number of benzene rings is 3.